The van der Waals surface area contributed by atoms with E-state index >= 15 is 0 Å². The summed E-state index contributed by atoms with van der Waals surface area (Å²) in [5, 5.41) is 13.9. The van der Waals surface area contributed by atoms with Crippen LogP contribution in [0.2, 0.25) is 0 Å². The zero-order valence-corrected chi connectivity index (χ0v) is 11.8. The highest BCUT2D eigenvalue weighted by Crippen LogP contribution is 2.30. The van der Waals surface area contributed by atoms with Crippen LogP contribution in [0.15, 0.2) is 42.5 Å². The monoisotopic (exact) mass is 298 g/mol. The summed E-state index contributed by atoms with van der Waals surface area (Å²) < 4.78 is 13.1. The molecule has 0 aliphatic heterocycles. The third-order valence-electron chi connectivity index (χ3n) is 3.24. The van der Waals surface area contributed by atoms with Crippen LogP contribution in [0.3, 0.4) is 0 Å². The minimum atomic E-state index is -0.511. The van der Waals surface area contributed by atoms with Gasteiger partial charge < -0.3 is 16.2 Å². The van der Waals surface area contributed by atoms with E-state index < -0.39 is 5.82 Å². The SMILES string of the molecule is NCCNc1nc(-c2ccc(F)cc2O)nc2ccccc12. The van der Waals surface area contributed by atoms with Crippen LogP contribution in [-0.2, 0) is 0 Å². The van der Waals surface area contributed by atoms with E-state index in [2.05, 4.69) is 15.3 Å². The minimum Gasteiger partial charge on any atom is -0.507 e. The fourth-order valence-corrected chi connectivity index (χ4v) is 2.22. The molecular weight excluding hydrogens is 283 g/mol. The number of para-hydroxylation sites is 1. The average Bonchev–Trinajstić information content (AvgIpc) is 2.52. The number of nitrogens with zero attached hydrogens (tertiary/aromatic N) is 2. The number of aromatic hydroxyl groups is 1. The van der Waals surface area contributed by atoms with Gasteiger partial charge in [-0.1, -0.05) is 12.1 Å². The molecule has 22 heavy (non-hydrogen) atoms. The number of anilines is 1. The molecule has 0 radical (unpaired) electrons. The summed E-state index contributed by atoms with van der Waals surface area (Å²) in [6, 6.07) is 11.3. The first-order chi connectivity index (χ1) is 10.7. The molecule has 0 amide bonds. The second kappa shape index (κ2) is 5.95. The molecule has 0 aliphatic carbocycles. The molecule has 5 nitrogen and oxygen atoms in total. The molecule has 0 saturated heterocycles. The number of phenolic OH excluding ortho intramolecular Hbond substituents is 1. The Labute approximate surface area is 126 Å². The van der Waals surface area contributed by atoms with Gasteiger partial charge in [-0.25, -0.2) is 14.4 Å². The van der Waals surface area contributed by atoms with E-state index in [1.165, 1.54) is 12.1 Å². The topological polar surface area (TPSA) is 84.1 Å². The molecule has 0 fully saturated rings. The van der Waals surface area contributed by atoms with Crippen molar-refractivity contribution in [2.24, 2.45) is 5.73 Å². The van der Waals surface area contributed by atoms with Gasteiger partial charge in [-0.3, -0.25) is 0 Å². The lowest BCUT2D eigenvalue weighted by Gasteiger charge is -2.11. The number of aromatic nitrogens is 2. The maximum atomic E-state index is 13.1. The largest absolute Gasteiger partial charge is 0.507 e. The Morgan fingerprint density at radius 2 is 1.95 bits per heavy atom. The van der Waals surface area contributed by atoms with Crippen molar-refractivity contribution < 1.29 is 9.50 Å². The zero-order valence-electron chi connectivity index (χ0n) is 11.8. The predicted molar refractivity (Wildman–Crippen MR) is 84.1 cm³/mol. The third kappa shape index (κ3) is 2.68. The van der Waals surface area contributed by atoms with Gasteiger partial charge in [0.1, 0.15) is 17.4 Å². The lowest BCUT2D eigenvalue weighted by molar-refractivity contribution is 0.471. The van der Waals surface area contributed by atoms with Crippen molar-refractivity contribution in [1.29, 1.82) is 0 Å². The number of hydrogen-bond donors (Lipinski definition) is 3. The maximum Gasteiger partial charge on any atom is 0.165 e. The Hall–Kier alpha value is -2.73. The number of fused-ring (bicyclic) bond motifs is 1. The average molecular weight is 298 g/mol. The second-order valence-corrected chi connectivity index (χ2v) is 4.79. The summed E-state index contributed by atoms with van der Waals surface area (Å²) in [5.74, 6) is 0.258. The first-order valence-corrected chi connectivity index (χ1v) is 6.88. The standard InChI is InChI=1S/C16H15FN4O/c17-10-5-6-12(14(22)9-10)16-20-13-4-2-1-3-11(13)15(21-16)19-8-7-18/h1-6,9,22H,7-8,18H2,(H,19,20,21). The molecule has 0 aliphatic rings. The Balaban J connectivity index is 2.17. The van der Waals surface area contributed by atoms with E-state index in [4.69, 9.17) is 5.73 Å². The highest BCUT2D eigenvalue weighted by Gasteiger charge is 2.12. The van der Waals surface area contributed by atoms with Gasteiger partial charge in [0.15, 0.2) is 5.82 Å². The molecule has 0 bridgehead atoms. The number of nitrogens with two attached hydrogens (primary N) is 1. The maximum absolute atomic E-state index is 13.1. The van der Waals surface area contributed by atoms with Gasteiger partial charge in [-0.05, 0) is 24.3 Å². The van der Waals surface area contributed by atoms with Gasteiger partial charge in [-0.2, -0.15) is 0 Å². The molecule has 112 valence electrons. The van der Waals surface area contributed by atoms with E-state index in [0.717, 1.165) is 17.0 Å². The molecule has 2 aromatic carbocycles. The van der Waals surface area contributed by atoms with Crippen molar-refractivity contribution in [1.82, 2.24) is 9.97 Å². The van der Waals surface area contributed by atoms with Gasteiger partial charge in [0.25, 0.3) is 0 Å². The number of benzene rings is 2. The molecule has 3 rings (SSSR count). The van der Waals surface area contributed by atoms with E-state index in [1.54, 1.807) is 0 Å². The lowest BCUT2D eigenvalue weighted by atomic mass is 10.1. The highest BCUT2D eigenvalue weighted by molar-refractivity contribution is 5.90. The van der Waals surface area contributed by atoms with Crippen LogP contribution in [0.1, 0.15) is 0 Å². The van der Waals surface area contributed by atoms with Crippen LogP contribution in [0.4, 0.5) is 10.2 Å². The molecule has 6 heteroatoms. The summed E-state index contributed by atoms with van der Waals surface area (Å²) in [6.07, 6.45) is 0. The Morgan fingerprint density at radius 1 is 1.14 bits per heavy atom. The highest BCUT2D eigenvalue weighted by atomic mass is 19.1. The fraction of sp³-hybridized carbons (Fsp3) is 0.125. The van der Waals surface area contributed by atoms with Crippen LogP contribution in [-0.4, -0.2) is 28.2 Å². The zero-order chi connectivity index (χ0) is 15.5. The van der Waals surface area contributed by atoms with Gasteiger partial charge in [0, 0.05) is 24.5 Å². The van der Waals surface area contributed by atoms with Gasteiger partial charge >= 0.3 is 0 Å². The molecular formula is C16H15FN4O. The predicted octanol–water partition coefficient (Wildman–Crippen LogP) is 2.51. The van der Waals surface area contributed by atoms with Crippen LogP contribution in [0, 0.1) is 5.82 Å². The number of rotatable bonds is 4. The summed E-state index contributed by atoms with van der Waals surface area (Å²) in [7, 11) is 0. The van der Waals surface area contributed by atoms with Crippen LogP contribution in [0.5, 0.6) is 5.75 Å². The molecule has 0 unspecified atom stereocenters. The van der Waals surface area contributed by atoms with Crippen molar-refractivity contribution in [3.05, 3.63) is 48.3 Å². The number of halogens is 1. The van der Waals surface area contributed by atoms with Crippen LogP contribution < -0.4 is 11.1 Å². The van der Waals surface area contributed by atoms with E-state index in [0.29, 0.717) is 30.3 Å². The molecule has 3 aromatic rings. The van der Waals surface area contributed by atoms with E-state index in [1.807, 2.05) is 24.3 Å². The summed E-state index contributed by atoms with van der Waals surface area (Å²) in [4.78, 5) is 8.88. The normalized spacial score (nSPS) is 10.8. The summed E-state index contributed by atoms with van der Waals surface area (Å²) in [6.45, 7) is 1.03. The van der Waals surface area contributed by atoms with Crippen molar-refractivity contribution in [2.45, 2.75) is 0 Å². The first-order valence-electron chi connectivity index (χ1n) is 6.88. The fourth-order valence-electron chi connectivity index (χ4n) is 2.22. The quantitative estimate of drug-likeness (QED) is 0.689. The van der Waals surface area contributed by atoms with Crippen LogP contribution >= 0.6 is 0 Å². The van der Waals surface area contributed by atoms with E-state index in [-0.39, 0.29) is 5.75 Å². The molecule has 0 atom stereocenters. The summed E-state index contributed by atoms with van der Waals surface area (Å²) >= 11 is 0. The van der Waals surface area contributed by atoms with Gasteiger partial charge in [0.05, 0.1) is 11.1 Å². The Morgan fingerprint density at radius 3 is 2.73 bits per heavy atom. The summed E-state index contributed by atoms with van der Waals surface area (Å²) in [5.41, 5.74) is 6.63. The van der Waals surface area contributed by atoms with Crippen LogP contribution in [0.25, 0.3) is 22.3 Å². The second-order valence-electron chi connectivity index (χ2n) is 4.79. The number of hydrogen-bond acceptors (Lipinski definition) is 5. The third-order valence-corrected chi connectivity index (χ3v) is 3.24. The molecule has 1 heterocycles. The van der Waals surface area contributed by atoms with Crippen molar-refractivity contribution >= 4 is 16.7 Å². The Bertz CT molecular complexity index is 822. The van der Waals surface area contributed by atoms with Gasteiger partial charge in [-0.15, -0.1) is 0 Å². The van der Waals surface area contributed by atoms with Gasteiger partial charge in [0.2, 0.25) is 0 Å². The van der Waals surface area contributed by atoms with E-state index in [9.17, 15) is 9.50 Å². The number of nitrogens with one attached hydrogen (secondary N) is 1. The van der Waals surface area contributed by atoms with Crippen molar-refractivity contribution in [3.63, 3.8) is 0 Å². The molecule has 0 spiro atoms. The minimum absolute atomic E-state index is 0.194. The first kappa shape index (κ1) is 14.2. The van der Waals surface area contributed by atoms with Crippen molar-refractivity contribution in [3.8, 4) is 17.1 Å². The lowest BCUT2D eigenvalue weighted by Crippen LogP contribution is -2.14. The number of phenols is 1. The molecule has 0 saturated carbocycles. The molecule has 1 aromatic heterocycles. The molecule has 4 N–H and O–H groups in total. The van der Waals surface area contributed by atoms with Crippen molar-refractivity contribution in [2.75, 3.05) is 18.4 Å². The Kier molecular flexibility index (Phi) is 3.84. The smallest absolute Gasteiger partial charge is 0.165 e.